The van der Waals surface area contributed by atoms with Gasteiger partial charge in [0.1, 0.15) is 6.10 Å². The van der Waals surface area contributed by atoms with E-state index in [9.17, 15) is 9.59 Å². The van der Waals surface area contributed by atoms with Crippen molar-refractivity contribution in [2.45, 2.75) is 58.0 Å². The van der Waals surface area contributed by atoms with E-state index in [1.165, 1.54) is 14.0 Å². The van der Waals surface area contributed by atoms with Crippen molar-refractivity contribution in [3.8, 4) is 0 Å². The SMILES string of the molecule is C=CC(CCCCCCCC(=O)NOC)OC(C)=O. The Morgan fingerprint density at radius 1 is 1.21 bits per heavy atom. The maximum Gasteiger partial charge on any atom is 0.303 e. The van der Waals surface area contributed by atoms with E-state index >= 15 is 0 Å². The molecule has 0 fully saturated rings. The number of carbonyl (C=O) groups excluding carboxylic acids is 2. The smallest absolute Gasteiger partial charge is 0.303 e. The highest BCUT2D eigenvalue weighted by molar-refractivity contribution is 5.74. The minimum absolute atomic E-state index is 0.0796. The van der Waals surface area contributed by atoms with Crippen molar-refractivity contribution in [3.63, 3.8) is 0 Å². The first-order valence-electron chi connectivity index (χ1n) is 6.71. The van der Waals surface area contributed by atoms with Gasteiger partial charge in [0.05, 0.1) is 7.11 Å². The topological polar surface area (TPSA) is 64.6 Å². The molecular weight excluding hydrogens is 246 g/mol. The first-order valence-corrected chi connectivity index (χ1v) is 6.71. The molecule has 0 aromatic carbocycles. The Bertz CT molecular complexity index is 279. The van der Waals surface area contributed by atoms with Crippen molar-refractivity contribution in [1.29, 1.82) is 0 Å². The first kappa shape index (κ1) is 17.6. The Labute approximate surface area is 115 Å². The average molecular weight is 271 g/mol. The van der Waals surface area contributed by atoms with Crippen molar-refractivity contribution in [1.82, 2.24) is 5.48 Å². The normalized spacial score (nSPS) is 11.7. The largest absolute Gasteiger partial charge is 0.458 e. The van der Waals surface area contributed by atoms with Crippen molar-refractivity contribution in [3.05, 3.63) is 12.7 Å². The summed E-state index contributed by atoms with van der Waals surface area (Å²) in [5.74, 6) is -0.349. The summed E-state index contributed by atoms with van der Waals surface area (Å²) in [4.78, 5) is 26.4. The van der Waals surface area contributed by atoms with Crippen LogP contribution in [-0.4, -0.2) is 25.1 Å². The van der Waals surface area contributed by atoms with E-state index in [1.807, 2.05) is 0 Å². The van der Waals surface area contributed by atoms with Crippen LogP contribution in [0.15, 0.2) is 12.7 Å². The summed E-state index contributed by atoms with van der Waals surface area (Å²) >= 11 is 0. The molecule has 5 nitrogen and oxygen atoms in total. The highest BCUT2D eigenvalue weighted by Crippen LogP contribution is 2.11. The molecule has 110 valence electrons. The minimum atomic E-state index is -0.269. The molecule has 0 bridgehead atoms. The molecule has 0 aromatic rings. The molecule has 0 aromatic heterocycles. The molecule has 0 saturated heterocycles. The molecule has 0 radical (unpaired) electrons. The molecule has 0 heterocycles. The van der Waals surface area contributed by atoms with E-state index in [2.05, 4.69) is 16.9 Å². The van der Waals surface area contributed by atoms with Crippen LogP contribution in [0.3, 0.4) is 0 Å². The lowest BCUT2D eigenvalue weighted by Gasteiger charge is -2.12. The van der Waals surface area contributed by atoms with Crippen LogP contribution in [0.1, 0.15) is 51.9 Å². The fourth-order valence-electron chi connectivity index (χ4n) is 1.76. The molecule has 1 unspecified atom stereocenters. The van der Waals surface area contributed by atoms with E-state index in [1.54, 1.807) is 6.08 Å². The highest BCUT2D eigenvalue weighted by atomic mass is 16.6. The summed E-state index contributed by atoms with van der Waals surface area (Å²) in [5, 5.41) is 0. The van der Waals surface area contributed by atoms with E-state index < -0.39 is 0 Å². The predicted octanol–water partition coefficient (Wildman–Crippen LogP) is 2.51. The maximum absolute atomic E-state index is 11.1. The van der Waals surface area contributed by atoms with Crippen molar-refractivity contribution in [2.24, 2.45) is 0 Å². The number of rotatable bonds is 11. The lowest BCUT2D eigenvalue weighted by molar-refractivity contribution is -0.144. The van der Waals surface area contributed by atoms with Gasteiger partial charge in [-0.2, -0.15) is 0 Å². The van der Waals surface area contributed by atoms with Gasteiger partial charge >= 0.3 is 5.97 Å². The van der Waals surface area contributed by atoms with E-state index in [4.69, 9.17) is 4.74 Å². The summed E-state index contributed by atoms with van der Waals surface area (Å²) in [6, 6.07) is 0. The molecule has 1 amide bonds. The van der Waals surface area contributed by atoms with Crippen LogP contribution < -0.4 is 5.48 Å². The van der Waals surface area contributed by atoms with Crippen molar-refractivity contribution < 1.29 is 19.2 Å². The highest BCUT2D eigenvalue weighted by Gasteiger charge is 2.06. The predicted molar refractivity (Wildman–Crippen MR) is 73.2 cm³/mol. The van der Waals surface area contributed by atoms with Gasteiger partial charge in [-0.1, -0.05) is 31.9 Å². The van der Waals surface area contributed by atoms with Crippen LogP contribution in [0.25, 0.3) is 0 Å². The number of hydrogen-bond donors (Lipinski definition) is 1. The Morgan fingerprint density at radius 2 is 1.84 bits per heavy atom. The minimum Gasteiger partial charge on any atom is -0.458 e. The number of nitrogens with one attached hydrogen (secondary N) is 1. The monoisotopic (exact) mass is 271 g/mol. The molecule has 0 aliphatic heterocycles. The van der Waals surface area contributed by atoms with Gasteiger partial charge in [0.15, 0.2) is 0 Å². The standard InChI is InChI=1S/C14H25NO4/c1-4-13(19-12(2)16)10-8-6-5-7-9-11-14(17)15-18-3/h4,13H,1,5-11H2,2-3H3,(H,15,17). The van der Waals surface area contributed by atoms with Gasteiger partial charge in [0, 0.05) is 13.3 Å². The lowest BCUT2D eigenvalue weighted by Crippen LogP contribution is -2.21. The number of ether oxygens (including phenoxy) is 1. The van der Waals surface area contributed by atoms with Crippen molar-refractivity contribution in [2.75, 3.05) is 7.11 Å². The van der Waals surface area contributed by atoms with Gasteiger partial charge in [-0.3, -0.25) is 14.4 Å². The van der Waals surface area contributed by atoms with Crippen LogP contribution in [0.4, 0.5) is 0 Å². The maximum atomic E-state index is 11.1. The van der Waals surface area contributed by atoms with E-state index in [-0.39, 0.29) is 18.0 Å². The third-order valence-electron chi connectivity index (χ3n) is 2.69. The quantitative estimate of drug-likeness (QED) is 0.271. The first-order chi connectivity index (χ1) is 9.10. The van der Waals surface area contributed by atoms with Gasteiger partial charge in [-0.05, 0) is 19.3 Å². The Hall–Kier alpha value is -1.36. The van der Waals surface area contributed by atoms with E-state index in [0.717, 1.165) is 38.5 Å². The molecule has 0 aliphatic rings. The fraction of sp³-hybridized carbons (Fsp3) is 0.714. The molecule has 5 heteroatoms. The summed E-state index contributed by atoms with van der Waals surface area (Å²) in [5.41, 5.74) is 2.29. The molecule has 1 atom stereocenters. The zero-order chi connectivity index (χ0) is 14.5. The summed E-state index contributed by atoms with van der Waals surface area (Å²) in [7, 11) is 1.43. The number of amides is 1. The van der Waals surface area contributed by atoms with Gasteiger partial charge in [-0.15, -0.1) is 0 Å². The fourth-order valence-corrected chi connectivity index (χ4v) is 1.76. The van der Waals surface area contributed by atoms with Gasteiger partial charge in [0.25, 0.3) is 0 Å². The zero-order valence-corrected chi connectivity index (χ0v) is 11.9. The Kier molecular flexibility index (Phi) is 10.9. The third kappa shape index (κ3) is 11.5. The van der Waals surface area contributed by atoms with Crippen LogP contribution in [-0.2, 0) is 19.2 Å². The molecule has 0 saturated carbocycles. The molecule has 0 spiro atoms. The third-order valence-corrected chi connectivity index (χ3v) is 2.69. The van der Waals surface area contributed by atoms with Gasteiger partial charge in [-0.25, -0.2) is 5.48 Å². The van der Waals surface area contributed by atoms with Gasteiger partial charge in [0.2, 0.25) is 5.91 Å². The molecule has 19 heavy (non-hydrogen) atoms. The second-order valence-corrected chi connectivity index (χ2v) is 4.42. The Morgan fingerprint density at radius 3 is 2.42 bits per heavy atom. The summed E-state index contributed by atoms with van der Waals surface area (Å²) in [6.07, 6.45) is 7.81. The second kappa shape index (κ2) is 11.7. The van der Waals surface area contributed by atoms with Crippen molar-refractivity contribution >= 4 is 11.9 Å². The zero-order valence-electron chi connectivity index (χ0n) is 11.9. The second-order valence-electron chi connectivity index (χ2n) is 4.42. The van der Waals surface area contributed by atoms with Crippen LogP contribution in [0.2, 0.25) is 0 Å². The average Bonchev–Trinajstić information content (AvgIpc) is 2.36. The van der Waals surface area contributed by atoms with Gasteiger partial charge < -0.3 is 4.74 Å². The number of carbonyl (C=O) groups is 2. The molecular formula is C14H25NO4. The lowest BCUT2D eigenvalue weighted by atomic mass is 10.1. The van der Waals surface area contributed by atoms with E-state index in [0.29, 0.717) is 6.42 Å². The number of unbranched alkanes of at least 4 members (excludes halogenated alkanes) is 4. The number of hydrogen-bond acceptors (Lipinski definition) is 4. The Balaban J connectivity index is 3.41. The molecule has 1 N–H and O–H groups in total. The summed E-state index contributed by atoms with van der Waals surface area (Å²) in [6.45, 7) is 5.05. The summed E-state index contributed by atoms with van der Waals surface area (Å²) < 4.78 is 5.06. The number of hydroxylamine groups is 1. The van der Waals surface area contributed by atoms with Crippen LogP contribution in [0.5, 0.6) is 0 Å². The van der Waals surface area contributed by atoms with Crippen LogP contribution >= 0.6 is 0 Å². The molecule has 0 rings (SSSR count). The number of esters is 1. The molecule has 0 aliphatic carbocycles. The van der Waals surface area contributed by atoms with Crippen LogP contribution in [0, 0.1) is 0 Å².